The second kappa shape index (κ2) is 7.38. The summed E-state index contributed by atoms with van der Waals surface area (Å²) >= 11 is 0. The molecule has 0 saturated carbocycles. The van der Waals surface area contributed by atoms with Gasteiger partial charge in [-0.25, -0.2) is 0 Å². The number of carbonyl (C=O) groups is 1. The Morgan fingerprint density at radius 3 is 2.36 bits per heavy atom. The zero-order chi connectivity index (χ0) is 16.8. The first-order valence-corrected chi connectivity index (χ1v) is 7.70. The monoisotopic (exact) mass is 325 g/mol. The maximum atomic E-state index is 11.6. The number of nitrogens with two attached hydrogens (primary N) is 2. The molecule has 0 aliphatic rings. The fraction of sp³-hybridized carbons (Fsp3) is 0.0769. The molecule has 0 aliphatic heterocycles. The van der Waals surface area contributed by atoms with Gasteiger partial charge in [0.2, 0.25) is 0 Å². The van der Waals surface area contributed by atoms with Crippen molar-refractivity contribution in [2.24, 2.45) is 16.5 Å². The average Bonchev–Trinajstić information content (AvgIpc) is 2.90. The molecule has 1 aromatic heterocycles. The lowest BCUT2D eigenvalue weighted by molar-refractivity contribution is 0.100. The SMILES string of the molecule is CS(=O)(=O)O.NC(N)=NC(=O)c1cccc(-c2ccoc2)c1. The third-order valence-electron chi connectivity index (χ3n) is 2.19. The first-order valence-electron chi connectivity index (χ1n) is 5.86. The Morgan fingerprint density at radius 2 is 1.86 bits per heavy atom. The molecule has 22 heavy (non-hydrogen) atoms. The molecule has 9 heteroatoms. The van der Waals surface area contributed by atoms with Gasteiger partial charge in [-0.3, -0.25) is 9.35 Å². The van der Waals surface area contributed by atoms with Crippen LogP contribution in [0.15, 0.2) is 52.3 Å². The highest BCUT2D eigenvalue weighted by Crippen LogP contribution is 2.20. The lowest BCUT2D eigenvalue weighted by atomic mass is 10.1. The number of hydrogen-bond acceptors (Lipinski definition) is 4. The third kappa shape index (κ3) is 6.68. The summed E-state index contributed by atoms with van der Waals surface area (Å²) < 4.78 is 30.8. The molecular weight excluding hydrogens is 310 g/mol. The van der Waals surface area contributed by atoms with Crippen LogP contribution in [-0.2, 0) is 10.1 Å². The molecule has 0 fully saturated rings. The third-order valence-corrected chi connectivity index (χ3v) is 2.19. The molecule has 1 aromatic carbocycles. The van der Waals surface area contributed by atoms with Crippen molar-refractivity contribution in [1.29, 1.82) is 0 Å². The van der Waals surface area contributed by atoms with Crippen LogP contribution in [0.25, 0.3) is 11.1 Å². The lowest BCUT2D eigenvalue weighted by Gasteiger charge is -2.00. The molecule has 8 nitrogen and oxygen atoms in total. The van der Waals surface area contributed by atoms with Gasteiger partial charge in [0, 0.05) is 11.1 Å². The van der Waals surface area contributed by atoms with Crippen LogP contribution >= 0.6 is 0 Å². The number of guanidine groups is 1. The number of rotatable bonds is 2. The fourth-order valence-corrected chi connectivity index (χ4v) is 1.44. The van der Waals surface area contributed by atoms with Gasteiger partial charge in [0.15, 0.2) is 5.96 Å². The van der Waals surface area contributed by atoms with Gasteiger partial charge in [0.1, 0.15) is 0 Å². The average molecular weight is 325 g/mol. The predicted octanol–water partition coefficient (Wildman–Crippen LogP) is 0.864. The van der Waals surface area contributed by atoms with Crippen molar-refractivity contribution in [3.63, 3.8) is 0 Å². The fourth-order valence-electron chi connectivity index (χ4n) is 1.44. The van der Waals surface area contributed by atoms with Crippen molar-refractivity contribution in [3.8, 4) is 11.1 Å². The van der Waals surface area contributed by atoms with E-state index in [-0.39, 0.29) is 5.96 Å². The molecule has 0 radical (unpaired) electrons. The van der Waals surface area contributed by atoms with Crippen LogP contribution in [0.2, 0.25) is 0 Å². The number of aliphatic imine (C=N–C) groups is 1. The van der Waals surface area contributed by atoms with Crippen LogP contribution in [0.5, 0.6) is 0 Å². The summed E-state index contributed by atoms with van der Waals surface area (Å²) in [6, 6.07) is 8.80. The van der Waals surface area contributed by atoms with E-state index in [9.17, 15) is 13.2 Å². The van der Waals surface area contributed by atoms with Gasteiger partial charge in [0.05, 0.1) is 18.8 Å². The number of furan rings is 1. The van der Waals surface area contributed by atoms with E-state index in [1.54, 1.807) is 30.7 Å². The van der Waals surface area contributed by atoms with Gasteiger partial charge in [-0.2, -0.15) is 13.4 Å². The summed E-state index contributed by atoms with van der Waals surface area (Å²) in [5.41, 5.74) is 12.5. The second-order valence-electron chi connectivity index (χ2n) is 4.17. The van der Waals surface area contributed by atoms with Crippen molar-refractivity contribution in [3.05, 3.63) is 48.4 Å². The van der Waals surface area contributed by atoms with E-state index < -0.39 is 16.0 Å². The van der Waals surface area contributed by atoms with E-state index in [0.29, 0.717) is 11.8 Å². The van der Waals surface area contributed by atoms with Crippen LogP contribution in [0.1, 0.15) is 10.4 Å². The zero-order valence-corrected chi connectivity index (χ0v) is 12.4. The Balaban J connectivity index is 0.000000422. The van der Waals surface area contributed by atoms with Crippen molar-refractivity contribution in [2.75, 3.05) is 6.26 Å². The molecule has 1 heterocycles. The van der Waals surface area contributed by atoms with E-state index >= 15 is 0 Å². The van der Waals surface area contributed by atoms with Gasteiger partial charge in [0.25, 0.3) is 16.0 Å². The highest BCUT2D eigenvalue weighted by atomic mass is 32.2. The Kier molecular flexibility index (Phi) is 5.84. The molecule has 5 N–H and O–H groups in total. The van der Waals surface area contributed by atoms with Gasteiger partial charge < -0.3 is 15.9 Å². The molecule has 0 spiro atoms. The Hall–Kier alpha value is -2.65. The molecule has 0 unspecified atom stereocenters. The molecule has 0 saturated heterocycles. The Morgan fingerprint density at radius 1 is 1.23 bits per heavy atom. The van der Waals surface area contributed by atoms with E-state index in [1.165, 1.54) is 0 Å². The molecule has 2 rings (SSSR count). The van der Waals surface area contributed by atoms with E-state index in [1.807, 2.05) is 12.1 Å². The summed E-state index contributed by atoms with van der Waals surface area (Å²) in [5.74, 6) is -0.709. The summed E-state index contributed by atoms with van der Waals surface area (Å²) in [6.45, 7) is 0. The molecular formula is C13H15N3O5S. The highest BCUT2D eigenvalue weighted by molar-refractivity contribution is 7.85. The number of nitrogens with zero attached hydrogens (tertiary/aromatic N) is 1. The standard InChI is InChI=1S/C12H11N3O2.CH4O3S/c13-12(14)15-11(16)9-3-1-2-8(6-9)10-4-5-17-7-10;1-5(2,3)4/h1-7H,(H4,13,14,15,16);1H3,(H,2,3,4). The van der Waals surface area contributed by atoms with E-state index in [0.717, 1.165) is 11.1 Å². The van der Waals surface area contributed by atoms with E-state index in [4.69, 9.17) is 20.4 Å². The van der Waals surface area contributed by atoms with Crippen molar-refractivity contribution in [2.45, 2.75) is 0 Å². The lowest BCUT2D eigenvalue weighted by Crippen LogP contribution is -2.24. The molecule has 1 amide bonds. The normalized spacial score (nSPS) is 10.3. The molecule has 0 atom stereocenters. The minimum atomic E-state index is -3.67. The molecule has 0 bridgehead atoms. The van der Waals surface area contributed by atoms with Crippen LogP contribution in [0.4, 0.5) is 0 Å². The van der Waals surface area contributed by atoms with Crippen LogP contribution < -0.4 is 11.5 Å². The van der Waals surface area contributed by atoms with Crippen molar-refractivity contribution in [1.82, 2.24) is 0 Å². The van der Waals surface area contributed by atoms with E-state index in [2.05, 4.69) is 4.99 Å². The summed E-state index contributed by atoms with van der Waals surface area (Å²) in [6.07, 6.45) is 3.89. The van der Waals surface area contributed by atoms with Crippen molar-refractivity contribution < 1.29 is 22.2 Å². The van der Waals surface area contributed by atoms with Crippen molar-refractivity contribution >= 4 is 22.0 Å². The maximum absolute atomic E-state index is 11.6. The predicted molar refractivity (Wildman–Crippen MR) is 81.8 cm³/mol. The second-order valence-corrected chi connectivity index (χ2v) is 5.63. The summed E-state index contributed by atoms with van der Waals surface area (Å²) in [5, 5.41) is 0. The minimum absolute atomic E-state index is 0.247. The summed E-state index contributed by atoms with van der Waals surface area (Å²) in [7, 11) is -3.67. The van der Waals surface area contributed by atoms with Crippen LogP contribution in [-0.4, -0.2) is 31.1 Å². The maximum Gasteiger partial charge on any atom is 0.280 e. The Bertz CT molecular complexity index is 755. The topological polar surface area (TPSA) is 149 Å². The Labute approximate surface area is 127 Å². The highest BCUT2D eigenvalue weighted by Gasteiger charge is 2.06. The molecule has 0 aliphatic carbocycles. The van der Waals surface area contributed by atoms with Gasteiger partial charge in [-0.1, -0.05) is 12.1 Å². The quantitative estimate of drug-likeness (QED) is 0.421. The van der Waals surface area contributed by atoms with Crippen LogP contribution in [0.3, 0.4) is 0 Å². The molecule has 118 valence electrons. The largest absolute Gasteiger partial charge is 0.472 e. The number of benzene rings is 1. The number of amides is 1. The first-order chi connectivity index (χ1) is 10.2. The molecule has 2 aromatic rings. The minimum Gasteiger partial charge on any atom is -0.472 e. The first kappa shape index (κ1) is 17.4. The zero-order valence-electron chi connectivity index (χ0n) is 11.6. The summed E-state index contributed by atoms with van der Waals surface area (Å²) in [4.78, 5) is 15.1. The van der Waals surface area contributed by atoms with Gasteiger partial charge >= 0.3 is 0 Å². The van der Waals surface area contributed by atoms with Crippen LogP contribution in [0, 0.1) is 0 Å². The smallest absolute Gasteiger partial charge is 0.280 e. The van der Waals surface area contributed by atoms with Gasteiger partial charge in [-0.05, 0) is 23.8 Å². The number of hydrogen-bond donors (Lipinski definition) is 3. The number of carbonyl (C=O) groups excluding carboxylic acids is 1. The van der Waals surface area contributed by atoms with Gasteiger partial charge in [-0.15, -0.1) is 0 Å².